The number of hydrogen-bond acceptors (Lipinski definition) is 5. The van der Waals surface area contributed by atoms with E-state index < -0.39 is 4.92 Å². The van der Waals surface area contributed by atoms with Gasteiger partial charge in [0.1, 0.15) is 12.4 Å². The molecule has 0 spiro atoms. The van der Waals surface area contributed by atoms with Crippen molar-refractivity contribution in [3.63, 3.8) is 0 Å². The van der Waals surface area contributed by atoms with Crippen LogP contribution in [0.4, 0.5) is 11.4 Å². The number of benzene rings is 1. The highest BCUT2D eigenvalue weighted by Gasteiger charge is 2.08. The molecule has 0 amide bonds. The van der Waals surface area contributed by atoms with Crippen molar-refractivity contribution in [3.05, 3.63) is 28.3 Å². The van der Waals surface area contributed by atoms with Crippen LogP contribution in [0.1, 0.15) is 0 Å². The fraction of sp³-hybridized carbons (Fsp3) is 0.333. The van der Waals surface area contributed by atoms with Gasteiger partial charge >= 0.3 is 0 Å². The Balaban J connectivity index is 2.70. The summed E-state index contributed by atoms with van der Waals surface area (Å²) in [5.74, 6) is 0.428. The minimum atomic E-state index is -0.505. The highest BCUT2D eigenvalue weighted by atomic mass is 16.6. The number of rotatable bonds is 5. The highest BCUT2D eigenvalue weighted by Crippen LogP contribution is 2.25. The van der Waals surface area contributed by atoms with Crippen LogP contribution < -0.4 is 10.5 Å². The maximum atomic E-state index is 10.4. The van der Waals surface area contributed by atoms with Crippen LogP contribution in [0.15, 0.2) is 18.2 Å². The molecule has 1 aromatic rings. The Morgan fingerprint density at radius 1 is 1.47 bits per heavy atom. The Labute approximate surface area is 86.7 Å². The van der Waals surface area contributed by atoms with E-state index in [4.69, 9.17) is 15.2 Å². The van der Waals surface area contributed by atoms with Gasteiger partial charge in [-0.15, -0.1) is 0 Å². The lowest BCUT2D eigenvalue weighted by atomic mass is 10.2. The molecule has 0 aromatic heterocycles. The lowest BCUT2D eigenvalue weighted by Crippen LogP contribution is -2.06. The summed E-state index contributed by atoms with van der Waals surface area (Å²) >= 11 is 0. The van der Waals surface area contributed by atoms with Gasteiger partial charge in [-0.05, 0) is 6.07 Å². The summed E-state index contributed by atoms with van der Waals surface area (Å²) < 4.78 is 10.0. The summed E-state index contributed by atoms with van der Waals surface area (Å²) in [5.41, 5.74) is 5.77. The van der Waals surface area contributed by atoms with Crippen LogP contribution in [0, 0.1) is 10.1 Å². The van der Waals surface area contributed by atoms with Crippen molar-refractivity contribution in [1.29, 1.82) is 0 Å². The highest BCUT2D eigenvalue weighted by molar-refractivity contribution is 5.58. The second-order valence-electron chi connectivity index (χ2n) is 2.82. The van der Waals surface area contributed by atoms with Gasteiger partial charge in [-0.2, -0.15) is 0 Å². The number of anilines is 1. The minimum absolute atomic E-state index is 0.0495. The molecule has 0 heterocycles. The van der Waals surface area contributed by atoms with Crippen molar-refractivity contribution in [2.45, 2.75) is 0 Å². The third-order valence-corrected chi connectivity index (χ3v) is 1.75. The van der Waals surface area contributed by atoms with Crippen LogP contribution >= 0.6 is 0 Å². The number of ether oxygens (including phenoxy) is 2. The Morgan fingerprint density at radius 2 is 2.20 bits per heavy atom. The lowest BCUT2D eigenvalue weighted by Gasteiger charge is -2.07. The average Bonchev–Trinajstić information content (AvgIpc) is 2.20. The number of nitro benzene ring substituents is 1. The molecule has 0 atom stereocenters. The number of non-ortho nitro benzene ring substituents is 1. The van der Waals surface area contributed by atoms with Crippen molar-refractivity contribution in [1.82, 2.24) is 0 Å². The van der Waals surface area contributed by atoms with Crippen molar-refractivity contribution in [3.8, 4) is 5.75 Å². The quantitative estimate of drug-likeness (QED) is 0.343. The molecule has 1 rings (SSSR count). The predicted octanol–water partition coefficient (Wildman–Crippen LogP) is 1.20. The van der Waals surface area contributed by atoms with Crippen molar-refractivity contribution < 1.29 is 14.4 Å². The Hall–Kier alpha value is -1.82. The zero-order valence-corrected chi connectivity index (χ0v) is 8.30. The molecule has 0 saturated carbocycles. The zero-order valence-electron chi connectivity index (χ0n) is 8.30. The van der Waals surface area contributed by atoms with Gasteiger partial charge in [0.2, 0.25) is 0 Å². The molecule has 0 unspecified atom stereocenters. The van der Waals surface area contributed by atoms with Crippen LogP contribution in [0.2, 0.25) is 0 Å². The topological polar surface area (TPSA) is 87.6 Å². The number of hydrogen-bond donors (Lipinski definition) is 1. The van der Waals surface area contributed by atoms with Crippen LogP contribution in [0.3, 0.4) is 0 Å². The van der Waals surface area contributed by atoms with Gasteiger partial charge in [-0.3, -0.25) is 10.1 Å². The number of nitro groups is 1. The van der Waals surface area contributed by atoms with Gasteiger partial charge in [-0.25, -0.2) is 0 Å². The van der Waals surface area contributed by atoms with Gasteiger partial charge in [0.25, 0.3) is 5.69 Å². The van der Waals surface area contributed by atoms with Crippen LogP contribution in [0.5, 0.6) is 5.75 Å². The van der Waals surface area contributed by atoms with E-state index in [-0.39, 0.29) is 11.4 Å². The molecule has 0 bridgehead atoms. The summed E-state index contributed by atoms with van der Waals surface area (Å²) in [6.45, 7) is 0.801. The summed E-state index contributed by atoms with van der Waals surface area (Å²) in [6.07, 6.45) is 0. The van der Waals surface area contributed by atoms with Gasteiger partial charge in [-0.1, -0.05) is 0 Å². The molecular weight excluding hydrogens is 200 g/mol. The normalized spacial score (nSPS) is 9.93. The number of nitrogen functional groups attached to an aromatic ring is 1. The molecule has 2 N–H and O–H groups in total. The van der Waals surface area contributed by atoms with Crippen LogP contribution in [-0.2, 0) is 4.74 Å². The monoisotopic (exact) mass is 212 g/mol. The summed E-state index contributed by atoms with van der Waals surface area (Å²) in [6, 6.07) is 4.09. The first kappa shape index (κ1) is 11.3. The molecule has 0 fully saturated rings. The van der Waals surface area contributed by atoms with E-state index in [0.717, 1.165) is 0 Å². The molecule has 0 aliphatic rings. The molecule has 0 saturated heterocycles. The van der Waals surface area contributed by atoms with Crippen molar-refractivity contribution in [2.24, 2.45) is 0 Å². The number of methoxy groups -OCH3 is 1. The van der Waals surface area contributed by atoms with E-state index in [1.807, 2.05) is 0 Å². The molecule has 0 aliphatic heterocycles. The van der Waals surface area contributed by atoms with E-state index in [9.17, 15) is 10.1 Å². The van der Waals surface area contributed by atoms with E-state index in [1.54, 1.807) is 7.11 Å². The standard InChI is InChI=1S/C9H12N2O4/c1-14-4-5-15-9-3-2-7(11(12)13)6-8(9)10/h2-3,6H,4-5,10H2,1H3. The first-order valence-electron chi connectivity index (χ1n) is 4.31. The van der Waals surface area contributed by atoms with Gasteiger partial charge < -0.3 is 15.2 Å². The fourth-order valence-electron chi connectivity index (χ4n) is 1.02. The third-order valence-electron chi connectivity index (χ3n) is 1.75. The molecule has 82 valence electrons. The zero-order chi connectivity index (χ0) is 11.3. The lowest BCUT2D eigenvalue weighted by molar-refractivity contribution is -0.384. The summed E-state index contributed by atoms with van der Waals surface area (Å²) in [7, 11) is 1.56. The molecule has 6 heteroatoms. The third kappa shape index (κ3) is 3.10. The second kappa shape index (κ2) is 5.16. The number of nitrogens with zero attached hydrogens (tertiary/aromatic N) is 1. The molecule has 0 radical (unpaired) electrons. The molecule has 0 aliphatic carbocycles. The van der Waals surface area contributed by atoms with Gasteiger partial charge in [0.05, 0.1) is 17.2 Å². The smallest absolute Gasteiger partial charge is 0.271 e. The largest absolute Gasteiger partial charge is 0.489 e. The Morgan fingerprint density at radius 3 is 2.73 bits per heavy atom. The van der Waals surface area contributed by atoms with Crippen molar-refractivity contribution >= 4 is 11.4 Å². The van der Waals surface area contributed by atoms with Gasteiger partial charge in [0, 0.05) is 19.2 Å². The maximum Gasteiger partial charge on any atom is 0.271 e. The fourth-order valence-corrected chi connectivity index (χ4v) is 1.02. The van der Waals surface area contributed by atoms with E-state index in [2.05, 4.69) is 0 Å². The van der Waals surface area contributed by atoms with Crippen LogP contribution in [-0.4, -0.2) is 25.2 Å². The summed E-state index contributed by atoms with van der Waals surface area (Å²) in [5, 5.41) is 10.4. The average molecular weight is 212 g/mol. The van der Waals surface area contributed by atoms with E-state index >= 15 is 0 Å². The maximum absolute atomic E-state index is 10.4. The number of nitrogens with two attached hydrogens (primary N) is 1. The SMILES string of the molecule is COCCOc1ccc([N+](=O)[O-])cc1N. The molecule has 1 aromatic carbocycles. The molecular formula is C9H12N2O4. The van der Waals surface area contributed by atoms with E-state index in [1.165, 1.54) is 18.2 Å². The second-order valence-corrected chi connectivity index (χ2v) is 2.82. The first-order valence-corrected chi connectivity index (χ1v) is 4.31. The molecule has 15 heavy (non-hydrogen) atoms. The van der Waals surface area contributed by atoms with Crippen LogP contribution in [0.25, 0.3) is 0 Å². The Kier molecular flexibility index (Phi) is 3.87. The molecule has 6 nitrogen and oxygen atoms in total. The van der Waals surface area contributed by atoms with Gasteiger partial charge in [0.15, 0.2) is 0 Å². The predicted molar refractivity (Wildman–Crippen MR) is 54.9 cm³/mol. The Bertz CT molecular complexity index is 354. The van der Waals surface area contributed by atoms with Crippen molar-refractivity contribution in [2.75, 3.05) is 26.1 Å². The van der Waals surface area contributed by atoms with E-state index in [0.29, 0.717) is 19.0 Å². The first-order chi connectivity index (χ1) is 7.15. The minimum Gasteiger partial charge on any atom is -0.489 e. The summed E-state index contributed by atoms with van der Waals surface area (Å²) in [4.78, 5) is 9.91.